The molecule has 0 amide bonds. The molecule has 0 heterocycles. The van der Waals surface area contributed by atoms with Crippen LogP contribution in [-0.4, -0.2) is 30.8 Å². The van der Waals surface area contributed by atoms with Crippen LogP contribution in [-0.2, 0) is 0 Å². The minimum Gasteiger partial charge on any atom is -0.854 e. The van der Waals surface area contributed by atoms with Crippen LogP contribution in [0.2, 0.25) is 0 Å². The smallest absolute Gasteiger partial charge is 0 e. The van der Waals surface area contributed by atoms with Crippen LogP contribution >= 0.6 is 0 Å². The van der Waals surface area contributed by atoms with Gasteiger partial charge in [-0.3, -0.25) is 0 Å². The summed E-state index contributed by atoms with van der Waals surface area (Å²) in [6.07, 6.45) is 1.53. The van der Waals surface area contributed by atoms with Gasteiger partial charge in [-0.15, -0.1) is 13.2 Å². The molecule has 0 spiro atoms. The standard InChI is InChI=1S/2C3H7O.Ge/c2*1-2-3-4;/h2*2-3H2,1H3;/q2*-1;. The second kappa shape index (κ2) is 23.7. The van der Waals surface area contributed by atoms with Gasteiger partial charge < -0.3 is 10.2 Å². The molecule has 0 aliphatic carbocycles. The Morgan fingerprint density at radius 1 is 0.889 bits per heavy atom. The van der Waals surface area contributed by atoms with E-state index in [2.05, 4.69) is 0 Å². The summed E-state index contributed by atoms with van der Waals surface area (Å²) in [5, 5.41) is 18.6. The molecule has 0 unspecified atom stereocenters. The Balaban J connectivity index is -0.0000000720. The van der Waals surface area contributed by atoms with Crippen molar-refractivity contribution in [1.82, 2.24) is 0 Å². The Morgan fingerprint density at radius 2 is 1.00 bits per heavy atom. The fraction of sp³-hybridized carbons (Fsp3) is 1.00. The largest absolute Gasteiger partial charge is 0.854 e. The maximum atomic E-state index is 9.30. The van der Waals surface area contributed by atoms with Crippen LogP contribution in [0.1, 0.15) is 26.7 Å². The van der Waals surface area contributed by atoms with Crippen molar-refractivity contribution < 1.29 is 10.2 Å². The Hall–Kier alpha value is 0.463. The minimum atomic E-state index is 0. The second-order valence-corrected chi connectivity index (χ2v) is 1.41. The van der Waals surface area contributed by atoms with Crippen molar-refractivity contribution in [2.24, 2.45) is 0 Å². The maximum absolute atomic E-state index is 9.30. The summed E-state index contributed by atoms with van der Waals surface area (Å²) >= 11 is 0. The van der Waals surface area contributed by atoms with Gasteiger partial charge in [0.15, 0.2) is 0 Å². The van der Waals surface area contributed by atoms with E-state index >= 15 is 0 Å². The van der Waals surface area contributed by atoms with Gasteiger partial charge in [-0.1, -0.05) is 26.7 Å². The Morgan fingerprint density at radius 3 is 1.00 bits per heavy atom. The quantitative estimate of drug-likeness (QED) is 0.532. The molecule has 0 atom stereocenters. The molecule has 0 bridgehead atoms. The van der Waals surface area contributed by atoms with Crippen LogP contribution in [0.15, 0.2) is 0 Å². The van der Waals surface area contributed by atoms with Gasteiger partial charge in [0.1, 0.15) is 0 Å². The fourth-order valence-electron chi connectivity index (χ4n) is 0. The molecule has 0 N–H and O–H groups in total. The molecule has 4 radical (unpaired) electrons. The van der Waals surface area contributed by atoms with Gasteiger partial charge in [-0.2, -0.15) is 0 Å². The number of rotatable bonds is 2. The molecule has 0 saturated carbocycles. The first-order chi connectivity index (χ1) is 3.83. The van der Waals surface area contributed by atoms with Crippen molar-refractivity contribution in [3.05, 3.63) is 0 Å². The number of hydrogen-bond acceptors (Lipinski definition) is 2. The Bertz CT molecular complexity index is 19.0. The van der Waals surface area contributed by atoms with E-state index in [-0.39, 0.29) is 30.8 Å². The summed E-state index contributed by atoms with van der Waals surface area (Å²) in [4.78, 5) is 0. The van der Waals surface area contributed by atoms with Gasteiger partial charge in [-0.05, 0) is 0 Å². The van der Waals surface area contributed by atoms with Crippen molar-refractivity contribution >= 4 is 17.6 Å². The van der Waals surface area contributed by atoms with E-state index in [1.807, 2.05) is 13.8 Å². The molecular weight excluding hydrogens is 177 g/mol. The van der Waals surface area contributed by atoms with Gasteiger partial charge in [0.05, 0.1) is 0 Å². The zero-order valence-corrected chi connectivity index (χ0v) is 8.24. The van der Waals surface area contributed by atoms with Crippen LogP contribution in [0.3, 0.4) is 0 Å². The molecule has 0 aromatic rings. The molecule has 0 saturated heterocycles. The summed E-state index contributed by atoms with van der Waals surface area (Å²) < 4.78 is 0. The van der Waals surface area contributed by atoms with Crippen molar-refractivity contribution in [3.63, 3.8) is 0 Å². The van der Waals surface area contributed by atoms with Gasteiger partial charge >= 0.3 is 0 Å². The summed E-state index contributed by atoms with van der Waals surface area (Å²) in [7, 11) is 0. The van der Waals surface area contributed by atoms with Gasteiger partial charge in [0.2, 0.25) is 0 Å². The van der Waals surface area contributed by atoms with Crippen LogP contribution in [0, 0.1) is 0 Å². The summed E-state index contributed by atoms with van der Waals surface area (Å²) in [6, 6.07) is 0. The molecule has 0 aromatic carbocycles. The molecule has 9 heavy (non-hydrogen) atoms. The van der Waals surface area contributed by atoms with Crippen molar-refractivity contribution in [1.29, 1.82) is 0 Å². The van der Waals surface area contributed by atoms with Crippen LogP contribution < -0.4 is 10.2 Å². The first-order valence-electron chi connectivity index (χ1n) is 2.99. The van der Waals surface area contributed by atoms with Crippen molar-refractivity contribution in [2.75, 3.05) is 13.2 Å². The minimum absolute atomic E-state index is 0. The molecule has 56 valence electrons. The third kappa shape index (κ3) is 58.3. The molecule has 0 aliphatic rings. The number of hydrogen-bond donors (Lipinski definition) is 0. The average Bonchev–Trinajstić information content (AvgIpc) is 1.88. The zero-order valence-electron chi connectivity index (χ0n) is 6.14. The molecule has 0 fully saturated rings. The third-order valence-electron chi connectivity index (χ3n) is 0.408. The molecule has 0 aromatic heterocycles. The third-order valence-corrected chi connectivity index (χ3v) is 0.408. The first kappa shape index (κ1) is 16.2. The molecule has 0 rings (SSSR count). The molecule has 0 aliphatic heterocycles. The van der Waals surface area contributed by atoms with E-state index in [1.54, 1.807) is 0 Å². The predicted octanol–water partition coefficient (Wildman–Crippen LogP) is -0.867. The molecule has 2 nitrogen and oxygen atoms in total. The first-order valence-corrected chi connectivity index (χ1v) is 2.99. The maximum Gasteiger partial charge on any atom is 0 e. The van der Waals surface area contributed by atoms with E-state index in [4.69, 9.17) is 0 Å². The van der Waals surface area contributed by atoms with Crippen molar-refractivity contribution in [3.8, 4) is 0 Å². The normalized spacial score (nSPS) is 6.67. The summed E-state index contributed by atoms with van der Waals surface area (Å²) in [5.41, 5.74) is 0. The van der Waals surface area contributed by atoms with Crippen molar-refractivity contribution in [2.45, 2.75) is 26.7 Å². The topological polar surface area (TPSA) is 46.1 Å². The SMILES string of the molecule is CCC[O-].CCC[O-].[Ge]. The Labute approximate surface area is 68.3 Å². The van der Waals surface area contributed by atoms with Crippen LogP contribution in [0.4, 0.5) is 0 Å². The second-order valence-electron chi connectivity index (χ2n) is 1.41. The predicted molar refractivity (Wildman–Crippen MR) is 36.1 cm³/mol. The zero-order chi connectivity index (χ0) is 6.83. The monoisotopic (exact) mass is 192 g/mol. The fourth-order valence-corrected chi connectivity index (χ4v) is 0. The average molecular weight is 191 g/mol. The molecular formula is C6H14GeO2-2. The van der Waals surface area contributed by atoms with Gasteiger partial charge in [0.25, 0.3) is 0 Å². The summed E-state index contributed by atoms with van der Waals surface area (Å²) in [6.45, 7) is 3.88. The molecule has 3 heteroatoms. The van der Waals surface area contributed by atoms with Crippen LogP contribution in [0.25, 0.3) is 0 Å². The van der Waals surface area contributed by atoms with E-state index in [0.717, 1.165) is 12.8 Å². The van der Waals surface area contributed by atoms with E-state index < -0.39 is 0 Å². The van der Waals surface area contributed by atoms with Crippen LogP contribution in [0.5, 0.6) is 0 Å². The van der Waals surface area contributed by atoms with E-state index in [0.29, 0.717) is 0 Å². The van der Waals surface area contributed by atoms with Gasteiger partial charge in [0, 0.05) is 17.6 Å². The summed E-state index contributed by atoms with van der Waals surface area (Å²) in [5.74, 6) is 0. The van der Waals surface area contributed by atoms with E-state index in [9.17, 15) is 10.2 Å². The Kier molecular flexibility index (Phi) is 42.7. The van der Waals surface area contributed by atoms with Gasteiger partial charge in [-0.25, -0.2) is 0 Å². The van der Waals surface area contributed by atoms with E-state index in [1.165, 1.54) is 0 Å².